The molecule has 1 aromatic carbocycles. The Morgan fingerprint density at radius 3 is 2.65 bits per heavy atom. The number of ether oxygens (including phenoxy) is 1. The molecule has 1 aromatic rings. The molecule has 0 aromatic heterocycles. The van der Waals surface area contributed by atoms with Gasteiger partial charge in [0.25, 0.3) is 0 Å². The molecule has 1 aliphatic heterocycles. The van der Waals surface area contributed by atoms with Crippen LogP contribution in [0.25, 0.3) is 0 Å². The van der Waals surface area contributed by atoms with Crippen molar-refractivity contribution in [2.45, 2.75) is 63.1 Å². The molecular formula is C18H26O2. The quantitative estimate of drug-likeness (QED) is 0.910. The lowest BCUT2D eigenvalue weighted by molar-refractivity contribution is -0.135. The number of rotatable bonds is 3. The molecule has 2 fully saturated rings. The van der Waals surface area contributed by atoms with Crippen molar-refractivity contribution in [3.63, 3.8) is 0 Å². The fourth-order valence-electron chi connectivity index (χ4n) is 4.08. The van der Waals surface area contributed by atoms with Crippen LogP contribution in [0.4, 0.5) is 0 Å². The van der Waals surface area contributed by atoms with Crippen molar-refractivity contribution in [1.82, 2.24) is 0 Å². The maximum atomic E-state index is 11.0. The Kier molecular flexibility index (Phi) is 3.87. The van der Waals surface area contributed by atoms with Crippen LogP contribution >= 0.6 is 0 Å². The first kappa shape index (κ1) is 14.1. The van der Waals surface area contributed by atoms with Gasteiger partial charge in [-0.1, -0.05) is 43.2 Å². The van der Waals surface area contributed by atoms with Crippen LogP contribution in [0, 0.1) is 5.92 Å². The van der Waals surface area contributed by atoms with E-state index in [1.165, 1.54) is 31.2 Å². The van der Waals surface area contributed by atoms with Crippen LogP contribution in [0.15, 0.2) is 30.3 Å². The molecule has 2 nitrogen and oxygen atoms in total. The molecule has 0 radical (unpaired) electrons. The number of hydrogen-bond donors (Lipinski definition) is 1. The van der Waals surface area contributed by atoms with E-state index in [1.54, 1.807) is 0 Å². The van der Waals surface area contributed by atoms with Gasteiger partial charge in [0.1, 0.15) is 0 Å². The maximum Gasteiger partial charge on any atom is 0.0689 e. The van der Waals surface area contributed by atoms with E-state index in [1.807, 2.05) is 25.1 Å². The van der Waals surface area contributed by atoms with E-state index in [9.17, 15) is 5.11 Å². The first-order valence-electron chi connectivity index (χ1n) is 8.00. The van der Waals surface area contributed by atoms with Crippen LogP contribution in [0.1, 0.15) is 51.0 Å². The first-order chi connectivity index (χ1) is 9.60. The Morgan fingerprint density at radius 1 is 1.25 bits per heavy atom. The van der Waals surface area contributed by atoms with Crippen molar-refractivity contribution in [2.24, 2.45) is 5.92 Å². The molecule has 2 atom stereocenters. The van der Waals surface area contributed by atoms with E-state index < -0.39 is 5.60 Å². The minimum atomic E-state index is -0.624. The van der Waals surface area contributed by atoms with E-state index in [2.05, 4.69) is 12.1 Å². The van der Waals surface area contributed by atoms with Crippen LogP contribution < -0.4 is 0 Å². The number of benzene rings is 1. The summed E-state index contributed by atoms with van der Waals surface area (Å²) in [6, 6.07) is 10.3. The molecule has 1 aliphatic carbocycles. The Balaban J connectivity index is 1.70. The van der Waals surface area contributed by atoms with Crippen LogP contribution in [-0.4, -0.2) is 22.9 Å². The second-order valence-electron chi connectivity index (χ2n) is 6.95. The first-order valence-corrected chi connectivity index (χ1v) is 8.00. The van der Waals surface area contributed by atoms with Crippen molar-refractivity contribution >= 4 is 0 Å². The summed E-state index contributed by atoms with van der Waals surface area (Å²) in [5, 5.41) is 11.0. The number of aliphatic hydroxyl groups is 1. The van der Waals surface area contributed by atoms with Crippen molar-refractivity contribution in [3.8, 4) is 0 Å². The number of hydrogen-bond acceptors (Lipinski definition) is 2. The summed E-state index contributed by atoms with van der Waals surface area (Å²) < 4.78 is 6.09. The summed E-state index contributed by atoms with van der Waals surface area (Å²) in [6.07, 6.45) is 7.71. The summed E-state index contributed by atoms with van der Waals surface area (Å²) >= 11 is 0. The molecule has 1 N–H and O–H groups in total. The normalized spacial score (nSPS) is 28.4. The third kappa shape index (κ3) is 2.91. The standard InChI is InChI=1S/C18H26O2/c1-17(19,13-15-7-3-2-4-8-15)16-9-12-20-18(14-16)10-5-6-11-18/h2-4,7-8,16,19H,5-6,9-14H2,1H3. The second kappa shape index (κ2) is 5.50. The van der Waals surface area contributed by atoms with Crippen molar-refractivity contribution in [1.29, 1.82) is 0 Å². The minimum Gasteiger partial charge on any atom is -0.390 e. The fraction of sp³-hybridized carbons (Fsp3) is 0.667. The smallest absolute Gasteiger partial charge is 0.0689 e. The molecule has 1 heterocycles. The van der Waals surface area contributed by atoms with Crippen molar-refractivity contribution < 1.29 is 9.84 Å². The molecule has 110 valence electrons. The average molecular weight is 274 g/mol. The van der Waals surface area contributed by atoms with Gasteiger partial charge in [0.15, 0.2) is 0 Å². The predicted octanol–water partition coefficient (Wildman–Crippen LogP) is 3.72. The highest BCUT2D eigenvalue weighted by atomic mass is 16.5. The molecule has 20 heavy (non-hydrogen) atoms. The van der Waals surface area contributed by atoms with E-state index in [4.69, 9.17) is 4.74 Å². The highest BCUT2D eigenvalue weighted by Crippen LogP contribution is 2.45. The SMILES string of the molecule is CC(O)(Cc1ccccc1)C1CCOC2(CCCC2)C1. The lowest BCUT2D eigenvalue weighted by atomic mass is 9.73. The monoisotopic (exact) mass is 274 g/mol. The molecule has 2 heteroatoms. The molecule has 0 amide bonds. The molecule has 0 bridgehead atoms. The Labute approximate surface area is 122 Å². The highest BCUT2D eigenvalue weighted by molar-refractivity contribution is 5.17. The van der Waals surface area contributed by atoms with Crippen LogP contribution in [0.2, 0.25) is 0 Å². The van der Waals surface area contributed by atoms with Gasteiger partial charge in [0, 0.05) is 13.0 Å². The third-order valence-electron chi connectivity index (χ3n) is 5.29. The van der Waals surface area contributed by atoms with Gasteiger partial charge in [-0.15, -0.1) is 0 Å². The fourth-order valence-corrected chi connectivity index (χ4v) is 4.08. The molecule has 1 spiro atoms. The highest BCUT2D eigenvalue weighted by Gasteiger charge is 2.45. The van der Waals surface area contributed by atoms with Crippen molar-refractivity contribution in [3.05, 3.63) is 35.9 Å². The van der Waals surface area contributed by atoms with Gasteiger partial charge in [-0.25, -0.2) is 0 Å². The van der Waals surface area contributed by atoms with Gasteiger partial charge in [0.2, 0.25) is 0 Å². The van der Waals surface area contributed by atoms with E-state index >= 15 is 0 Å². The molecule has 3 rings (SSSR count). The Hall–Kier alpha value is -0.860. The van der Waals surface area contributed by atoms with Crippen LogP contribution in [0.3, 0.4) is 0 Å². The second-order valence-corrected chi connectivity index (χ2v) is 6.95. The summed E-state index contributed by atoms with van der Waals surface area (Å²) in [4.78, 5) is 0. The zero-order chi connectivity index (χ0) is 14.1. The average Bonchev–Trinajstić information content (AvgIpc) is 2.87. The lowest BCUT2D eigenvalue weighted by Crippen LogP contribution is -2.47. The maximum absolute atomic E-state index is 11.0. The van der Waals surface area contributed by atoms with E-state index in [0.717, 1.165) is 25.9 Å². The van der Waals surface area contributed by atoms with Crippen LogP contribution in [-0.2, 0) is 11.2 Å². The third-order valence-corrected chi connectivity index (χ3v) is 5.29. The molecule has 2 unspecified atom stereocenters. The zero-order valence-electron chi connectivity index (χ0n) is 12.5. The lowest BCUT2D eigenvalue weighted by Gasteiger charge is -2.44. The largest absolute Gasteiger partial charge is 0.390 e. The molecule has 1 saturated heterocycles. The van der Waals surface area contributed by atoms with Gasteiger partial charge in [0.05, 0.1) is 11.2 Å². The summed E-state index contributed by atoms with van der Waals surface area (Å²) in [5.41, 5.74) is 0.689. The van der Waals surface area contributed by atoms with Gasteiger partial charge >= 0.3 is 0 Å². The van der Waals surface area contributed by atoms with Gasteiger partial charge in [-0.2, -0.15) is 0 Å². The zero-order valence-corrected chi connectivity index (χ0v) is 12.5. The van der Waals surface area contributed by atoms with Gasteiger partial charge in [-0.05, 0) is 44.1 Å². The molecule has 1 saturated carbocycles. The Morgan fingerprint density at radius 2 is 1.95 bits per heavy atom. The van der Waals surface area contributed by atoms with Gasteiger partial charge < -0.3 is 9.84 Å². The molecule has 2 aliphatic rings. The van der Waals surface area contributed by atoms with Crippen LogP contribution in [0.5, 0.6) is 0 Å². The summed E-state index contributed by atoms with van der Waals surface area (Å²) in [5.74, 6) is 0.356. The van der Waals surface area contributed by atoms with E-state index in [-0.39, 0.29) is 5.60 Å². The summed E-state index contributed by atoms with van der Waals surface area (Å²) in [6.45, 7) is 2.83. The molecular weight excluding hydrogens is 248 g/mol. The topological polar surface area (TPSA) is 29.5 Å². The van der Waals surface area contributed by atoms with Crippen molar-refractivity contribution in [2.75, 3.05) is 6.61 Å². The summed E-state index contributed by atoms with van der Waals surface area (Å²) in [7, 11) is 0. The van der Waals surface area contributed by atoms with E-state index in [0.29, 0.717) is 5.92 Å². The minimum absolute atomic E-state index is 0.0869. The Bertz CT molecular complexity index is 432. The predicted molar refractivity (Wildman–Crippen MR) is 80.6 cm³/mol. The van der Waals surface area contributed by atoms with Gasteiger partial charge in [-0.3, -0.25) is 0 Å².